The summed E-state index contributed by atoms with van der Waals surface area (Å²) in [6, 6.07) is 6.67. The van der Waals surface area contributed by atoms with Crippen LogP contribution in [0.3, 0.4) is 0 Å². The second kappa shape index (κ2) is 10.0. The van der Waals surface area contributed by atoms with Gasteiger partial charge in [-0.1, -0.05) is 33.1 Å². The minimum absolute atomic E-state index is 0.0628. The molecule has 0 aliphatic heterocycles. The Kier molecular flexibility index (Phi) is 7.75. The fourth-order valence-corrected chi connectivity index (χ4v) is 3.14. The van der Waals surface area contributed by atoms with Gasteiger partial charge in [-0.05, 0) is 48.9 Å². The third kappa shape index (κ3) is 6.24. The van der Waals surface area contributed by atoms with Crippen LogP contribution in [0.4, 0.5) is 10.5 Å². The molecule has 2 N–H and O–H groups in total. The minimum atomic E-state index is -0.662. The molecule has 6 heteroatoms. The van der Waals surface area contributed by atoms with Gasteiger partial charge in [-0.3, -0.25) is 4.79 Å². The molecule has 1 unspecified atom stereocenters. The lowest BCUT2D eigenvalue weighted by Crippen LogP contribution is -2.47. The van der Waals surface area contributed by atoms with Gasteiger partial charge in [0.15, 0.2) is 0 Å². The number of ether oxygens (including phenoxy) is 2. The zero-order chi connectivity index (χ0) is 18.9. The van der Waals surface area contributed by atoms with Crippen molar-refractivity contribution < 1.29 is 19.1 Å². The third-order valence-electron chi connectivity index (χ3n) is 4.74. The van der Waals surface area contributed by atoms with Gasteiger partial charge in [0.2, 0.25) is 5.91 Å². The fourth-order valence-electron chi connectivity index (χ4n) is 3.14. The van der Waals surface area contributed by atoms with Gasteiger partial charge < -0.3 is 20.1 Å². The highest BCUT2D eigenvalue weighted by Crippen LogP contribution is 2.25. The third-order valence-corrected chi connectivity index (χ3v) is 4.74. The largest absolute Gasteiger partial charge is 0.493 e. The number of carbonyl (C=O) groups is 2. The van der Waals surface area contributed by atoms with Gasteiger partial charge in [-0.25, -0.2) is 4.79 Å². The van der Waals surface area contributed by atoms with Gasteiger partial charge in [-0.2, -0.15) is 0 Å². The standard InChI is InChI=1S/C20H30N2O4/c1-14(2)18(22-20(24)25-3)19(23)21-16-9-11-17(12-10-16)26-13-15-7-5-4-6-8-15/h9-12,14-15,18H,4-8,13H2,1-3H3,(H,21,23)(H,22,24). The summed E-state index contributed by atoms with van der Waals surface area (Å²) >= 11 is 0. The quantitative estimate of drug-likeness (QED) is 0.769. The molecule has 0 aromatic heterocycles. The summed E-state index contributed by atoms with van der Waals surface area (Å²) < 4.78 is 10.4. The Bertz CT molecular complexity index is 580. The number of anilines is 1. The van der Waals surface area contributed by atoms with E-state index < -0.39 is 12.1 Å². The molecule has 2 amide bonds. The maximum atomic E-state index is 12.4. The molecule has 1 aromatic rings. The molecule has 0 spiro atoms. The van der Waals surface area contributed by atoms with Gasteiger partial charge in [0, 0.05) is 5.69 Å². The van der Waals surface area contributed by atoms with Gasteiger partial charge in [-0.15, -0.1) is 0 Å². The van der Waals surface area contributed by atoms with E-state index in [1.807, 2.05) is 38.1 Å². The average molecular weight is 362 g/mol. The van der Waals surface area contributed by atoms with Crippen molar-refractivity contribution in [1.29, 1.82) is 0 Å². The lowest BCUT2D eigenvalue weighted by Gasteiger charge is -2.22. The molecule has 1 aliphatic carbocycles. The molecule has 0 radical (unpaired) electrons. The van der Waals surface area contributed by atoms with E-state index in [9.17, 15) is 9.59 Å². The first-order valence-electron chi connectivity index (χ1n) is 9.37. The number of amides is 2. The van der Waals surface area contributed by atoms with Gasteiger partial charge >= 0.3 is 6.09 Å². The Morgan fingerprint density at radius 3 is 2.35 bits per heavy atom. The first-order valence-corrected chi connectivity index (χ1v) is 9.37. The number of benzene rings is 1. The van der Waals surface area contributed by atoms with Crippen molar-refractivity contribution in [2.75, 3.05) is 19.0 Å². The molecule has 26 heavy (non-hydrogen) atoms. The van der Waals surface area contributed by atoms with E-state index in [4.69, 9.17) is 4.74 Å². The highest BCUT2D eigenvalue weighted by molar-refractivity contribution is 5.96. The summed E-state index contributed by atoms with van der Waals surface area (Å²) in [7, 11) is 1.27. The van der Waals surface area contributed by atoms with Crippen LogP contribution in [0, 0.1) is 11.8 Å². The highest BCUT2D eigenvalue weighted by Gasteiger charge is 2.24. The summed E-state index contributed by atoms with van der Waals surface area (Å²) in [4.78, 5) is 23.8. The molecular weight excluding hydrogens is 332 g/mol. The molecular formula is C20H30N2O4. The maximum Gasteiger partial charge on any atom is 0.407 e. The predicted molar refractivity (Wildman–Crippen MR) is 101 cm³/mol. The number of hydrogen-bond acceptors (Lipinski definition) is 4. The topological polar surface area (TPSA) is 76.7 Å². The lowest BCUT2D eigenvalue weighted by molar-refractivity contribution is -0.119. The average Bonchev–Trinajstić information content (AvgIpc) is 2.65. The van der Waals surface area contributed by atoms with Crippen LogP contribution in [0.5, 0.6) is 5.75 Å². The molecule has 0 bridgehead atoms. The molecule has 6 nitrogen and oxygen atoms in total. The fraction of sp³-hybridized carbons (Fsp3) is 0.600. The van der Waals surface area contributed by atoms with Gasteiger partial charge in [0.1, 0.15) is 11.8 Å². The summed E-state index contributed by atoms with van der Waals surface area (Å²) in [5.74, 6) is 1.12. The summed E-state index contributed by atoms with van der Waals surface area (Å²) in [5.41, 5.74) is 0.664. The normalized spacial score (nSPS) is 16.0. The SMILES string of the molecule is COC(=O)NC(C(=O)Nc1ccc(OCC2CCCCC2)cc1)C(C)C. The molecule has 2 rings (SSSR count). The van der Waals surface area contributed by atoms with Crippen LogP contribution < -0.4 is 15.4 Å². The lowest BCUT2D eigenvalue weighted by atomic mass is 9.90. The first-order chi connectivity index (χ1) is 12.5. The van der Waals surface area contributed by atoms with Crippen molar-refractivity contribution >= 4 is 17.7 Å². The Hall–Kier alpha value is -2.24. The molecule has 1 atom stereocenters. The Labute approximate surface area is 155 Å². The van der Waals surface area contributed by atoms with E-state index in [0.29, 0.717) is 11.6 Å². The second-order valence-electron chi connectivity index (χ2n) is 7.19. The summed E-state index contributed by atoms with van der Waals surface area (Å²) in [6.07, 6.45) is 5.82. The van der Waals surface area contributed by atoms with Crippen molar-refractivity contribution in [1.82, 2.24) is 5.32 Å². The van der Waals surface area contributed by atoms with Crippen molar-refractivity contribution in [2.45, 2.75) is 52.0 Å². The smallest absolute Gasteiger partial charge is 0.407 e. The molecule has 144 valence electrons. The molecule has 0 heterocycles. The molecule has 0 saturated heterocycles. The molecule has 1 saturated carbocycles. The second-order valence-corrected chi connectivity index (χ2v) is 7.19. The molecule has 1 aromatic carbocycles. The van der Waals surface area contributed by atoms with Gasteiger partial charge in [0.05, 0.1) is 13.7 Å². The summed E-state index contributed by atoms with van der Waals surface area (Å²) in [5, 5.41) is 5.38. The number of methoxy groups -OCH3 is 1. The van der Waals surface area contributed by atoms with Crippen LogP contribution >= 0.6 is 0 Å². The van der Waals surface area contributed by atoms with E-state index in [-0.39, 0.29) is 11.8 Å². The van der Waals surface area contributed by atoms with Crippen molar-refractivity contribution in [3.8, 4) is 5.75 Å². The van der Waals surface area contributed by atoms with Crippen LogP contribution in [0.25, 0.3) is 0 Å². The molecule has 1 fully saturated rings. The van der Waals surface area contributed by atoms with Crippen LogP contribution in [0.2, 0.25) is 0 Å². The minimum Gasteiger partial charge on any atom is -0.493 e. The molecule has 1 aliphatic rings. The van der Waals surface area contributed by atoms with Crippen molar-refractivity contribution in [2.24, 2.45) is 11.8 Å². The van der Waals surface area contributed by atoms with Crippen LogP contribution in [0.15, 0.2) is 24.3 Å². The zero-order valence-electron chi connectivity index (χ0n) is 15.9. The van der Waals surface area contributed by atoms with E-state index in [1.54, 1.807) is 0 Å². The van der Waals surface area contributed by atoms with E-state index in [2.05, 4.69) is 15.4 Å². The number of rotatable bonds is 7. The zero-order valence-corrected chi connectivity index (χ0v) is 15.9. The first kappa shape index (κ1) is 20.1. The van der Waals surface area contributed by atoms with Crippen LogP contribution in [0.1, 0.15) is 46.0 Å². The van der Waals surface area contributed by atoms with E-state index >= 15 is 0 Å². The Morgan fingerprint density at radius 2 is 1.77 bits per heavy atom. The van der Waals surface area contributed by atoms with Crippen LogP contribution in [-0.4, -0.2) is 31.8 Å². The van der Waals surface area contributed by atoms with Crippen molar-refractivity contribution in [3.63, 3.8) is 0 Å². The van der Waals surface area contributed by atoms with Gasteiger partial charge in [0.25, 0.3) is 0 Å². The number of carbonyl (C=O) groups excluding carboxylic acids is 2. The number of hydrogen-bond donors (Lipinski definition) is 2. The Morgan fingerprint density at radius 1 is 1.12 bits per heavy atom. The van der Waals surface area contributed by atoms with Crippen LogP contribution in [-0.2, 0) is 9.53 Å². The summed E-state index contributed by atoms with van der Waals surface area (Å²) in [6.45, 7) is 4.48. The highest BCUT2D eigenvalue weighted by atomic mass is 16.5. The number of nitrogens with one attached hydrogen (secondary N) is 2. The van der Waals surface area contributed by atoms with Crippen molar-refractivity contribution in [3.05, 3.63) is 24.3 Å². The predicted octanol–water partition coefficient (Wildman–Crippen LogP) is 3.96. The van der Waals surface area contributed by atoms with E-state index in [0.717, 1.165) is 12.4 Å². The Balaban J connectivity index is 1.86. The monoisotopic (exact) mass is 362 g/mol. The van der Waals surface area contributed by atoms with E-state index in [1.165, 1.54) is 39.2 Å². The number of alkyl carbamates (subject to hydrolysis) is 1. The maximum absolute atomic E-state index is 12.4.